The predicted molar refractivity (Wildman–Crippen MR) is 66.5 cm³/mol. The van der Waals surface area contributed by atoms with Crippen molar-refractivity contribution in [1.29, 1.82) is 0 Å². The van der Waals surface area contributed by atoms with Crippen LogP contribution in [0.15, 0.2) is 0 Å². The van der Waals surface area contributed by atoms with E-state index in [1.165, 1.54) is 19.3 Å². The third-order valence-electron chi connectivity index (χ3n) is 5.27. The van der Waals surface area contributed by atoms with Gasteiger partial charge in [0.1, 0.15) is 0 Å². The standard InChI is InChI=1S/C13H22O3S/c14-13(10-4-2-1-3-5-10)8-11-6-7-12(9-13)17(11,15)16/h10-12,14H,1-9H2. The lowest BCUT2D eigenvalue weighted by Gasteiger charge is -2.43. The summed E-state index contributed by atoms with van der Waals surface area (Å²) >= 11 is 0. The van der Waals surface area contributed by atoms with E-state index in [2.05, 4.69) is 0 Å². The Balaban J connectivity index is 1.82. The number of fused-ring (bicyclic) bond motifs is 2. The van der Waals surface area contributed by atoms with E-state index in [0.29, 0.717) is 18.8 Å². The molecule has 2 unspecified atom stereocenters. The minimum absolute atomic E-state index is 0.242. The maximum Gasteiger partial charge on any atom is 0.156 e. The third kappa shape index (κ3) is 1.84. The maximum atomic E-state index is 12.0. The quantitative estimate of drug-likeness (QED) is 0.783. The van der Waals surface area contributed by atoms with Crippen molar-refractivity contribution in [2.75, 3.05) is 0 Å². The zero-order valence-electron chi connectivity index (χ0n) is 10.3. The number of hydrogen-bond acceptors (Lipinski definition) is 3. The van der Waals surface area contributed by atoms with Crippen LogP contribution in [-0.2, 0) is 9.84 Å². The molecule has 0 aromatic rings. The van der Waals surface area contributed by atoms with E-state index in [-0.39, 0.29) is 10.5 Å². The highest BCUT2D eigenvalue weighted by Gasteiger charge is 2.54. The Kier molecular flexibility index (Phi) is 2.78. The Morgan fingerprint density at radius 1 is 0.882 bits per heavy atom. The van der Waals surface area contributed by atoms with Crippen LogP contribution in [0.2, 0.25) is 0 Å². The third-order valence-corrected chi connectivity index (χ3v) is 7.93. The van der Waals surface area contributed by atoms with E-state index in [4.69, 9.17) is 0 Å². The van der Waals surface area contributed by atoms with E-state index in [1.807, 2.05) is 0 Å². The molecule has 1 saturated carbocycles. The van der Waals surface area contributed by atoms with Crippen molar-refractivity contribution in [3.63, 3.8) is 0 Å². The van der Waals surface area contributed by atoms with Gasteiger partial charge in [-0.05, 0) is 44.4 Å². The van der Waals surface area contributed by atoms with E-state index in [0.717, 1.165) is 25.7 Å². The largest absolute Gasteiger partial charge is 0.390 e. The monoisotopic (exact) mass is 258 g/mol. The summed E-state index contributed by atoms with van der Waals surface area (Å²) in [5, 5.41) is 10.4. The van der Waals surface area contributed by atoms with Crippen LogP contribution in [0.4, 0.5) is 0 Å². The molecule has 2 bridgehead atoms. The van der Waals surface area contributed by atoms with Crippen LogP contribution < -0.4 is 0 Å². The van der Waals surface area contributed by atoms with Gasteiger partial charge in [-0.15, -0.1) is 0 Å². The molecule has 2 heterocycles. The summed E-state index contributed by atoms with van der Waals surface area (Å²) in [4.78, 5) is 0. The van der Waals surface area contributed by atoms with Crippen LogP contribution in [0.3, 0.4) is 0 Å². The first-order valence-corrected chi connectivity index (χ1v) is 8.58. The Morgan fingerprint density at radius 3 is 1.94 bits per heavy atom. The molecule has 3 fully saturated rings. The molecule has 1 aliphatic carbocycles. The fourth-order valence-electron chi connectivity index (χ4n) is 4.25. The van der Waals surface area contributed by atoms with Crippen LogP contribution in [0.5, 0.6) is 0 Å². The van der Waals surface area contributed by atoms with Crippen molar-refractivity contribution in [3.05, 3.63) is 0 Å². The van der Waals surface area contributed by atoms with Crippen molar-refractivity contribution >= 4 is 9.84 Å². The average Bonchev–Trinajstić information content (AvgIpc) is 2.52. The minimum Gasteiger partial charge on any atom is -0.390 e. The van der Waals surface area contributed by atoms with Gasteiger partial charge in [-0.1, -0.05) is 19.3 Å². The SMILES string of the molecule is O=S1(=O)C2CCC1CC(O)(C1CCCCC1)C2. The molecular weight excluding hydrogens is 236 g/mol. The Bertz CT molecular complexity index is 375. The second-order valence-electron chi connectivity index (χ2n) is 6.26. The van der Waals surface area contributed by atoms with Gasteiger partial charge in [-0.2, -0.15) is 0 Å². The molecule has 98 valence electrons. The fraction of sp³-hybridized carbons (Fsp3) is 1.00. The summed E-state index contributed by atoms with van der Waals surface area (Å²) in [5.74, 6) is 0.356. The fourth-order valence-corrected chi connectivity index (χ4v) is 6.77. The molecule has 3 aliphatic rings. The summed E-state index contributed by atoms with van der Waals surface area (Å²) in [6.45, 7) is 0. The smallest absolute Gasteiger partial charge is 0.156 e. The zero-order chi connectivity index (χ0) is 12.1. The van der Waals surface area contributed by atoms with Crippen molar-refractivity contribution in [2.24, 2.45) is 5.92 Å². The van der Waals surface area contributed by atoms with Crippen LogP contribution in [0, 0.1) is 5.92 Å². The first kappa shape index (κ1) is 12.0. The number of sulfone groups is 1. The summed E-state index contributed by atoms with van der Waals surface area (Å²) in [6.07, 6.45) is 8.45. The topological polar surface area (TPSA) is 54.4 Å². The van der Waals surface area contributed by atoms with Crippen LogP contribution in [0.1, 0.15) is 57.8 Å². The number of aliphatic hydroxyl groups is 1. The molecule has 2 atom stereocenters. The Hall–Kier alpha value is -0.0900. The van der Waals surface area contributed by atoms with E-state index >= 15 is 0 Å². The van der Waals surface area contributed by atoms with Crippen LogP contribution in [0.25, 0.3) is 0 Å². The maximum absolute atomic E-state index is 12.0. The zero-order valence-corrected chi connectivity index (χ0v) is 11.1. The molecule has 3 nitrogen and oxygen atoms in total. The summed E-state index contributed by atoms with van der Waals surface area (Å²) in [7, 11) is -2.90. The van der Waals surface area contributed by atoms with Gasteiger partial charge in [-0.25, -0.2) is 8.42 Å². The molecule has 17 heavy (non-hydrogen) atoms. The summed E-state index contributed by atoms with van der Waals surface area (Å²) in [6, 6.07) is 0. The lowest BCUT2D eigenvalue weighted by molar-refractivity contribution is -0.0476. The second kappa shape index (κ2) is 3.95. The highest BCUT2D eigenvalue weighted by atomic mass is 32.2. The summed E-state index contributed by atoms with van der Waals surface area (Å²) in [5.41, 5.74) is -0.669. The van der Waals surface area contributed by atoms with Gasteiger partial charge in [0.15, 0.2) is 9.84 Å². The van der Waals surface area contributed by atoms with Gasteiger partial charge >= 0.3 is 0 Å². The Labute approximate surface area is 104 Å². The predicted octanol–water partition coefficient (Wildman–Crippen LogP) is 2.04. The molecule has 4 heteroatoms. The van der Waals surface area contributed by atoms with Gasteiger partial charge < -0.3 is 5.11 Å². The molecule has 0 aromatic carbocycles. The number of hydrogen-bond donors (Lipinski definition) is 1. The van der Waals surface area contributed by atoms with Crippen molar-refractivity contribution in [1.82, 2.24) is 0 Å². The van der Waals surface area contributed by atoms with Crippen molar-refractivity contribution in [2.45, 2.75) is 73.9 Å². The lowest BCUT2D eigenvalue weighted by Crippen LogP contribution is -2.50. The summed E-state index contributed by atoms with van der Waals surface area (Å²) < 4.78 is 24.1. The molecule has 1 N–H and O–H groups in total. The molecule has 2 aliphatic heterocycles. The molecular formula is C13H22O3S. The van der Waals surface area contributed by atoms with E-state index in [9.17, 15) is 13.5 Å². The van der Waals surface area contributed by atoms with Gasteiger partial charge in [-0.3, -0.25) is 0 Å². The highest BCUT2D eigenvalue weighted by Crippen LogP contribution is 2.48. The first-order valence-electron chi connectivity index (χ1n) is 6.97. The molecule has 0 aromatic heterocycles. The highest BCUT2D eigenvalue weighted by molar-refractivity contribution is 7.93. The van der Waals surface area contributed by atoms with Crippen molar-refractivity contribution < 1.29 is 13.5 Å². The van der Waals surface area contributed by atoms with Crippen LogP contribution >= 0.6 is 0 Å². The molecule has 0 amide bonds. The lowest BCUT2D eigenvalue weighted by atomic mass is 9.73. The number of rotatable bonds is 1. The molecule has 3 rings (SSSR count). The second-order valence-corrected chi connectivity index (χ2v) is 8.77. The molecule has 2 saturated heterocycles. The molecule has 0 spiro atoms. The first-order chi connectivity index (χ1) is 8.02. The van der Waals surface area contributed by atoms with E-state index < -0.39 is 15.4 Å². The minimum atomic E-state index is -2.90. The van der Waals surface area contributed by atoms with Gasteiger partial charge in [0.25, 0.3) is 0 Å². The van der Waals surface area contributed by atoms with Gasteiger partial charge in [0.05, 0.1) is 16.1 Å². The average molecular weight is 258 g/mol. The van der Waals surface area contributed by atoms with Gasteiger partial charge in [0.2, 0.25) is 0 Å². The normalized spacial score (nSPS) is 45.9. The van der Waals surface area contributed by atoms with Crippen molar-refractivity contribution in [3.8, 4) is 0 Å². The molecule has 0 radical (unpaired) electrons. The van der Waals surface area contributed by atoms with E-state index in [1.54, 1.807) is 0 Å². The Morgan fingerprint density at radius 2 is 1.41 bits per heavy atom. The van der Waals surface area contributed by atoms with Gasteiger partial charge in [0, 0.05) is 0 Å². The van der Waals surface area contributed by atoms with Crippen LogP contribution in [-0.4, -0.2) is 29.6 Å².